The van der Waals surface area contributed by atoms with E-state index in [1.165, 1.54) is 14.0 Å². The molecule has 3 rings (SSSR count). The number of ether oxygens (including phenoxy) is 2. The molecule has 0 fully saturated rings. The highest BCUT2D eigenvalue weighted by Crippen LogP contribution is 2.42. The first kappa shape index (κ1) is 21.9. The van der Waals surface area contributed by atoms with Crippen LogP contribution in [0.25, 0.3) is 10.9 Å². The number of para-hydroxylation sites is 1. The lowest BCUT2D eigenvalue weighted by atomic mass is 9.69. The van der Waals surface area contributed by atoms with E-state index in [1.807, 2.05) is 24.3 Å². The van der Waals surface area contributed by atoms with Crippen molar-refractivity contribution in [2.45, 2.75) is 58.4 Å². The Morgan fingerprint density at radius 1 is 1.23 bits per heavy atom. The summed E-state index contributed by atoms with van der Waals surface area (Å²) in [5.74, 6) is -0.921. The molecule has 0 radical (unpaired) electrons. The zero-order valence-corrected chi connectivity index (χ0v) is 18.1. The topological polar surface area (TPSA) is 86.6 Å². The molecule has 0 spiro atoms. The minimum atomic E-state index is -1.16. The number of benzene rings is 1. The van der Waals surface area contributed by atoms with Crippen molar-refractivity contribution in [1.82, 2.24) is 9.88 Å². The van der Waals surface area contributed by atoms with Gasteiger partial charge in [-0.1, -0.05) is 38.0 Å². The summed E-state index contributed by atoms with van der Waals surface area (Å²) < 4.78 is 12.1. The third kappa shape index (κ3) is 3.68. The van der Waals surface area contributed by atoms with Crippen LogP contribution in [0, 0.1) is 5.92 Å². The number of carbonyl (C=O) groups excluding carboxylic acids is 3. The second-order valence-electron chi connectivity index (χ2n) is 7.84. The second kappa shape index (κ2) is 8.90. The lowest BCUT2D eigenvalue weighted by Gasteiger charge is -2.42. The number of aromatic nitrogens is 1. The van der Waals surface area contributed by atoms with Crippen LogP contribution in [-0.4, -0.2) is 41.8 Å². The highest BCUT2D eigenvalue weighted by molar-refractivity contribution is 5.96. The van der Waals surface area contributed by atoms with E-state index in [9.17, 15) is 14.4 Å². The number of methoxy groups -OCH3 is 1. The molecule has 2 atom stereocenters. The van der Waals surface area contributed by atoms with Crippen molar-refractivity contribution in [3.8, 4) is 0 Å². The summed E-state index contributed by atoms with van der Waals surface area (Å²) in [5, 5.41) is 3.82. The molecule has 7 heteroatoms. The van der Waals surface area contributed by atoms with Crippen molar-refractivity contribution >= 4 is 28.9 Å². The average molecular weight is 415 g/mol. The smallest absolute Gasteiger partial charge is 0.418 e. The van der Waals surface area contributed by atoms with Gasteiger partial charge in [-0.15, -0.1) is 0 Å². The fourth-order valence-electron chi connectivity index (χ4n) is 4.73. The number of amides is 1. The third-order valence-corrected chi connectivity index (χ3v) is 5.99. The van der Waals surface area contributed by atoms with Crippen molar-refractivity contribution in [1.29, 1.82) is 0 Å². The quantitative estimate of drug-likeness (QED) is 0.730. The number of rotatable bonds is 6. The van der Waals surface area contributed by atoms with Crippen LogP contribution < -0.4 is 5.32 Å². The molecule has 1 N–H and O–H groups in total. The van der Waals surface area contributed by atoms with Gasteiger partial charge in [0.1, 0.15) is 5.54 Å². The predicted octanol–water partition coefficient (Wildman–Crippen LogP) is 3.60. The van der Waals surface area contributed by atoms with E-state index in [0.717, 1.165) is 41.4 Å². The number of carbonyl (C=O) groups is 3. The number of nitrogens with one attached hydrogen (secondary N) is 1. The molecule has 1 aromatic carbocycles. The van der Waals surface area contributed by atoms with Crippen LogP contribution in [0.5, 0.6) is 0 Å². The first-order valence-corrected chi connectivity index (χ1v) is 10.5. The molecule has 1 aliphatic rings. The molecule has 1 aromatic heterocycles. The summed E-state index contributed by atoms with van der Waals surface area (Å²) in [4.78, 5) is 38.0. The molecular weight excluding hydrogens is 384 g/mol. The third-order valence-electron chi connectivity index (χ3n) is 5.99. The van der Waals surface area contributed by atoms with Crippen molar-refractivity contribution in [2.24, 2.45) is 5.92 Å². The zero-order valence-electron chi connectivity index (χ0n) is 18.1. The molecule has 0 aliphatic heterocycles. The molecule has 2 aromatic rings. The minimum absolute atomic E-state index is 0.196. The lowest BCUT2D eigenvalue weighted by Crippen LogP contribution is -2.63. The van der Waals surface area contributed by atoms with E-state index in [1.54, 1.807) is 11.5 Å². The Balaban J connectivity index is 2.24. The maximum atomic E-state index is 13.1. The van der Waals surface area contributed by atoms with E-state index in [0.29, 0.717) is 6.42 Å². The molecule has 0 saturated heterocycles. The summed E-state index contributed by atoms with van der Waals surface area (Å²) in [6.07, 6.45) is 2.91. The fraction of sp³-hybridized carbons (Fsp3) is 0.522. The molecule has 30 heavy (non-hydrogen) atoms. The van der Waals surface area contributed by atoms with E-state index >= 15 is 0 Å². The molecule has 1 aliphatic carbocycles. The molecule has 0 unspecified atom stereocenters. The Labute approximate surface area is 176 Å². The Morgan fingerprint density at radius 3 is 2.60 bits per heavy atom. The Bertz CT molecular complexity index is 964. The number of unbranched alkanes of at least 4 members (excludes halogenated alkanes) is 1. The van der Waals surface area contributed by atoms with Gasteiger partial charge in [-0.3, -0.25) is 4.79 Å². The number of nitrogens with zero attached hydrogens (tertiary/aromatic N) is 1. The molecule has 0 bridgehead atoms. The van der Waals surface area contributed by atoms with Crippen LogP contribution in [-0.2, 0) is 31.9 Å². The Hall–Kier alpha value is -2.83. The zero-order chi connectivity index (χ0) is 21.9. The predicted molar refractivity (Wildman–Crippen MR) is 113 cm³/mol. The first-order chi connectivity index (χ1) is 14.4. The number of esters is 1. The van der Waals surface area contributed by atoms with Crippen LogP contribution in [0.3, 0.4) is 0 Å². The van der Waals surface area contributed by atoms with Crippen LogP contribution in [0.15, 0.2) is 24.3 Å². The summed E-state index contributed by atoms with van der Waals surface area (Å²) in [7, 11) is 1.35. The lowest BCUT2D eigenvalue weighted by molar-refractivity contribution is -0.154. The van der Waals surface area contributed by atoms with Crippen LogP contribution in [0.2, 0.25) is 0 Å². The van der Waals surface area contributed by atoms with E-state index in [2.05, 4.69) is 12.2 Å². The summed E-state index contributed by atoms with van der Waals surface area (Å²) >= 11 is 0. The standard InChI is InChI=1S/C23H30N2O5/c1-5-7-10-16-13-20-18(14-23(16,21(27)29-4)24-15(3)26)17-11-8-9-12-19(17)25(20)22(28)30-6-2/h8-9,11-12,16H,5-7,10,13-14H2,1-4H3,(H,24,26)/t16-,23-/m0/s1. The summed E-state index contributed by atoms with van der Waals surface area (Å²) in [6.45, 7) is 5.55. The van der Waals surface area contributed by atoms with Gasteiger partial charge in [0.2, 0.25) is 5.91 Å². The summed E-state index contributed by atoms with van der Waals surface area (Å²) in [5.41, 5.74) is 1.32. The van der Waals surface area contributed by atoms with E-state index in [4.69, 9.17) is 9.47 Å². The van der Waals surface area contributed by atoms with Crippen molar-refractivity contribution in [3.05, 3.63) is 35.5 Å². The normalized spacial score (nSPS) is 20.5. The number of fused-ring (bicyclic) bond motifs is 3. The van der Waals surface area contributed by atoms with Gasteiger partial charge in [-0.25, -0.2) is 14.2 Å². The fourth-order valence-corrected chi connectivity index (χ4v) is 4.73. The molecule has 1 amide bonds. The van der Waals surface area contributed by atoms with Gasteiger partial charge in [0.15, 0.2) is 0 Å². The van der Waals surface area contributed by atoms with Crippen LogP contribution in [0.1, 0.15) is 51.3 Å². The first-order valence-electron chi connectivity index (χ1n) is 10.5. The van der Waals surface area contributed by atoms with Crippen molar-refractivity contribution in [2.75, 3.05) is 13.7 Å². The molecule has 7 nitrogen and oxygen atoms in total. The van der Waals surface area contributed by atoms with Crippen LogP contribution in [0.4, 0.5) is 4.79 Å². The molecule has 1 heterocycles. The van der Waals surface area contributed by atoms with Gasteiger partial charge in [-0.05, 0) is 37.3 Å². The van der Waals surface area contributed by atoms with Gasteiger partial charge in [-0.2, -0.15) is 0 Å². The second-order valence-corrected chi connectivity index (χ2v) is 7.84. The average Bonchev–Trinajstić information content (AvgIpc) is 3.04. The maximum absolute atomic E-state index is 13.1. The molecule has 0 saturated carbocycles. The van der Waals surface area contributed by atoms with Crippen molar-refractivity contribution < 1.29 is 23.9 Å². The SMILES string of the molecule is CCCC[C@H]1Cc2c(c3ccccc3n2C(=O)OCC)C[C@@]1(NC(C)=O)C(=O)OC. The van der Waals surface area contributed by atoms with Gasteiger partial charge in [0.25, 0.3) is 0 Å². The molecule has 162 valence electrons. The maximum Gasteiger partial charge on any atom is 0.418 e. The van der Waals surface area contributed by atoms with Crippen LogP contribution >= 0.6 is 0 Å². The highest BCUT2D eigenvalue weighted by Gasteiger charge is 2.51. The Morgan fingerprint density at radius 2 is 1.97 bits per heavy atom. The van der Waals surface area contributed by atoms with E-state index < -0.39 is 17.6 Å². The Kier molecular flexibility index (Phi) is 6.48. The largest absolute Gasteiger partial charge is 0.467 e. The highest BCUT2D eigenvalue weighted by atomic mass is 16.5. The monoisotopic (exact) mass is 414 g/mol. The van der Waals surface area contributed by atoms with Gasteiger partial charge < -0.3 is 14.8 Å². The number of hydrogen-bond donors (Lipinski definition) is 1. The number of hydrogen-bond acceptors (Lipinski definition) is 5. The summed E-state index contributed by atoms with van der Waals surface area (Å²) in [6, 6.07) is 7.59. The van der Waals surface area contributed by atoms with Gasteiger partial charge in [0.05, 0.1) is 19.2 Å². The van der Waals surface area contributed by atoms with E-state index in [-0.39, 0.29) is 24.9 Å². The van der Waals surface area contributed by atoms with Gasteiger partial charge >= 0.3 is 12.1 Å². The van der Waals surface area contributed by atoms with Gasteiger partial charge in [0, 0.05) is 24.4 Å². The van der Waals surface area contributed by atoms with Crippen molar-refractivity contribution in [3.63, 3.8) is 0 Å². The molecular formula is C23H30N2O5. The minimum Gasteiger partial charge on any atom is -0.467 e.